The van der Waals surface area contributed by atoms with Crippen LogP contribution in [0.1, 0.15) is 35.3 Å². The first kappa shape index (κ1) is 18.9. The van der Waals surface area contributed by atoms with E-state index in [1.54, 1.807) is 36.4 Å². The van der Waals surface area contributed by atoms with Gasteiger partial charge in [0.15, 0.2) is 23.0 Å². The number of hydrogen-bond donors (Lipinski definition) is 3. The third-order valence-corrected chi connectivity index (χ3v) is 4.63. The van der Waals surface area contributed by atoms with Crippen LogP contribution < -0.4 is 15.4 Å². The van der Waals surface area contributed by atoms with Gasteiger partial charge >= 0.3 is 0 Å². The van der Waals surface area contributed by atoms with E-state index in [0.29, 0.717) is 28.1 Å². The number of nitrogens with zero attached hydrogens (tertiary/aromatic N) is 2. The number of carbonyl (C=O) groups excluding carboxylic acids is 2. The summed E-state index contributed by atoms with van der Waals surface area (Å²) in [5.74, 6) is 0.714. The first-order valence-corrected chi connectivity index (χ1v) is 9.51. The van der Waals surface area contributed by atoms with Crippen LogP contribution >= 0.6 is 12.2 Å². The van der Waals surface area contributed by atoms with Crippen molar-refractivity contribution in [3.63, 3.8) is 0 Å². The summed E-state index contributed by atoms with van der Waals surface area (Å²) in [7, 11) is 0. The van der Waals surface area contributed by atoms with E-state index in [9.17, 15) is 9.59 Å². The van der Waals surface area contributed by atoms with Gasteiger partial charge in [-0.15, -0.1) is 0 Å². The number of benzene rings is 1. The predicted molar refractivity (Wildman–Crippen MR) is 106 cm³/mol. The summed E-state index contributed by atoms with van der Waals surface area (Å²) >= 11 is 5.22. The van der Waals surface area contributed by atoms with Gasteiger partial charge in [-0.05, 0) is 49.3 Å². The molecule has 1 fully saturated rings. The molecule has 150 valence electrons. The highest BCUT2D eigenvalue weighted by atomic mass is 32.1. The van der Waals surface area contributed by atoms with E-state index < -0.39 is 0 Å². The van der Waals surface area contributed by atoms with Gasteiger partial charge in [-0.25, -0.2) is 0 Å². The third-order valence-electron chi connectivity index (χ3n) is 4.34. The van der Waals surface area contributed by atoms with Crippen molar-refractivity contribution in [2.24, 2.45) is 0 Å². The van der Waals surface area contributed by atoms with E-state index in [0.717, 1.165) is 12.8 Å². The fraction of sp³-hybridized carbons (Fsp3) is 0.263. The SMILES string of the molecule is O=C(COc1cccc(NC(=O)c2ccco2)c1)NCc1n[nH]c(=S)n1C1CC1. The summed E-state index contributed by atoms with van der Waals surface area (Å²) in [5, 5.41) is 12.4. The molecule has 3 aromatic rings. The fourth-order valence-corrected chi connectivity index (χ4v) is 3.11. The Morgan fingerprint density at radius 1 is 1.31 bits per heavy atom. The third kappa shape index (κ3) is 4.72. The summed E-state index contributed by atoms with van der Waals surface area (Å²) < 4.78 is 13.1. The van der Waals surface area contributed by atoms with Gasteiger partial charge in [0.25, 0.3) is 11.8 Å². The molecule has 2 heterocycles. The minimum absolute atomic E-state index is 0.163. The van der Waals surface area contributed by atoms with Crippen LogP contribution in [0.15, 0.2) is 47.1 Å². The van der Waals surface area contributed by atoms with Crippen LogP contribution in [0.25, 0.3) is 0 Å². The molecule has 0 spiro atoms. The van der Waals surface area contributed by atoms with Crippen molar-refractivity contribution in [2.75, 3.05) is 11.9 Å². The second kappa shape index (κ2) is 8.31. The lowest BCUT2D eigenvalue weighted by atomic mass is 10.3. The topological polar surface area (TPSA) is 114 Å². The van der Waals surface area contributed by atoms with Gasteiger partial charge in [0.2, 0.25) is 0 Å². The van der Waals surface area contributed by atoms with Crippen LogP contribution in [0.5, 0.6) is 5.75 Å². The van der Waals surface area contributed by atoms with Crippen molar-refractivity contribution in [3.8, 4) is 5.75 Å². The van der Waals surface area contributed by atoms with Gasteiger partial charge in [-0.1, -0.05) is 6.07 Å². The molecule has 9 nitrogen and oxygen atoms in total. The van der Waals surface area contributed by atoms with Crippen LogP contribution in [0.4, 0.5) is 5.69 Å². The molecule has 10 heteroatoms. The average molecular weight is 413 g/mol. The zero-order valence-electron chi connectivity index (χ0n) is 15.4. The van der Waals surface area contributed by atoms with Crippen molar-refractivity contribution in [3.05, 3.63) is 59.0 Å². The van der Waals surface area contributed by atoms with Crippen molar-refractivity contribution in [2.45, 2.75) is 25.4 Å². The number of nitrogens with one attached hydrogen (secondary N) is 3. The molecule has 0 atom stereocenters. The first-order valence-electron chi connectivity index (χ1n) is 9.10. The standard InChI is InChI=1S/C19H19N5O4S/c25-17(20-10-16-22-23-19(29)24(16)13-6-7-13)11-28-14-4-1-3-12(9-14)21-18(26)15-5-2-8-27-15/h1-5,8-9,13H,6-7,10-11H2,(H,20,25)(H,21,26)(H,23,29). The second-order valence-electron chi connectivity index (χ2n) is 6.57. The maximum absolute atomic E-state index is 12.1. The molecule has 1 saturated carbocycles. The Labute approximate surface area is 171 Å². The Morgan fingerprint density at radius 3 is 2.93 bits per heavy atom. The summed E-state index contributed by atoms with van der Waals surface area (Å²) in [5.41, 5.74) is 0.532. The molecule has 1 aromatic carbocycles. The Morgan fingerprint density at radius 2 is 2.17 bits per heavy atom. The largest absolute Gasteiger partial charge is 0.484 e. The normalized spacial score (nSPS) is 13.1. The molecule has 0 saturated heterocycles. The monoisotopic (exact) mass is 413 g/mol. The number of aromatic amines is 1. The lowest BCUT2D eigenvalue weighted by Crippen LogP contribution is -2.29. The highest BCUT2D eigenvalue weighted by molar-refractivity contribution is 7.71. The van der Waals surface area contributed by atoms with Gasteiger partial charge in [-0.3, -0.25) is 19.3 Å². The molecule has 3 N–H and O–H groups in total. The van der Waals surface area contributed by atoms with Gasteiger partial charge < -0.3 is 19.8 Å². The smallest absolute Gasteiger partial charge is 0.291 e. The quantitative estimate of drug-likeness (QED) is 0.489. The highest BCUT2D eigenvalue weighted by Gasteiger charge is 2.27. The minimum Gasteiger partial charge on any atom is -0.484 e. The van der Waals surface area contributed by atoms with E-state index in [-0.39, 0.29) is 30.7 Å². The molecule has 29 heavy (non-hydrogen) atoms. The summed E-state index contributed by atoms with van der Waals surface area (Å²) in [6.07, 6.45) is 3.58. The molecule has 1 aliphatic rings. The number of ether oxygens (including phenoxy) is 1. The maximum Gasteiger partial charge on any atom is 0.291 e. The number of furan rings is 1. The van der Waals surface area contributed by atoms with E-state index >= 15 is 0 Å². The molecule has 0 bridgehead atoms. The molecule has 2 aromatic heterocycles. The highest BCUT2D eigenvalue weighted by Crippen LogP contribution is 2.35. The van der Waals surface area contributed by atoms with Gasteiger partial charge in [0.05, 0.1) is 12.8 Å². The molecule has 1 aliphatic carbocycles. The summed E-state index contributed by atoms with van der Waals surface area (Å²) in [4.78, 5) is 24.1. The van der Waals surface area contributed by atoms with Crippen LogP contribution in [-0.2, 0) is 11.3 Å². The van der Waals surface area contributed by atoms with Crippen LogP contribution in [0.3, 0.4) is 0 Å². The Balaban J connectivity index is 1.28. The minimum atomic E-state index is -0.367. The lowest BCUT2D eigenvalue weighted by molar-refractivity contribution is -0.123. The zero-order chi connectivity index (χ0) is 20.2. The Bertz CT molecular complexity index is 1070. The maximum atomic E-state index is 12.1. The summed E-state index contributed by atoms with van der Waals surface area (Å²) in [6.45, 7) is 0.106. The first-order chi connectivity index (χ1) is 14.1. The van der Waals surface area contributed by atoms with E-state index in [1.807, 2.05) is 4.57 Å². The van der Waals surface area contributed by atoms with Crippen LogP contribution in [0.2, 0.25) is 0 Å². The van der Waals surface area contributed by atoms with Crippen molar-refractivity contribution < 1.29 is 18.7 Å². The fourth-order valence-electron chi connectivity index (χ4n) is 2.81. The number of H-pyrrole nitrogens is 1. The molecule has 0 unspecified atom stereocenters. The van der Waals surface area contributed by atoms with Gasteiger partial charge in [0.1, 0.15) is 5.75 Å². The average Bonchev–Trinajstić information content (AvgIpc) is 3.25. The van der Waals surface area contributed by atoms with Crippen LogP contribution in [-0.4, -0.2) is 33.2 Å². The number of rotatable bonds is 8. The van der Waals surface area contributed by atoms with Crippen molar-refractivity contribution in [1.29, 1.82) is 0 Å². The Kier molecular flexibility index (Phi) is 5.43. The van der Waals surface area contributed by atoms with E-state index in [1.165, 1.54) is 6.26 Å². The lowest BCUT2D eigenvalue weighted by Gasteiger charge is -2.10. The molecule has 2 amide bonds. The van der Waals surface area contributed by atoms with Gasteiger partial charge in [-0.2, -0.15) is 5.10 Å². The number of hydrogen-bond acceptors (Lipinski definition) is 6. The van der Waals surface area contributed by atoms with Crippen molar-refractivity contribution in [1.82, 2.24) is 20.1 Å². The van der Waals surface area contributed by atoms with E-state index in [4.69, 9.17) is 21.4 Å². The second-order valence-corrected chi connectivity index (χ2v) is 6.96. The number of aromatic nitrogens is 3. The molecule has 0 radical (unpaired) electrons. The van der Waals surface area contributed by atoms with E-state index in [2.05, 4.69) is 20.8 Å². The molecule has 4 rings (SSSR count). The molecular weight excluding hydrogens is 394 g/mol. The number of anilines is 1. The van der Waals surface area contributed by atoms with Crippen molar-refractivity contribution >= 4 is 29.7 Å². The summed E-state index contributed by atoms with van der Waals surface area (Å²) in [6, 6.07) is 10.4. The molecular formula is C19H19N5O4S. The zero-order valence-corrected chi connectivity index (χ0v) is 16.2. The number of amides is 2. The Hall–Kier alpha value is -3.40. The van der Waals surface area contributed by atoms with Crippen LogP contribution in [0, 0.1) is 4.77 Å². The number of carbonyl (C=O) groups is 2. The van der Waals surface area contributed by atoms with Gasteiger partial charge in [0, 0.05) is 17.8 Å². The molecule has 0 aliphatic heterocycles. The predicted octanol–water partition coefficient (Wildman–Crippen LogP) is 2.82.